The van der Waals surface area contributed by atoms with Crippen LogP contribution in [0, 0.1) is 0 Å². The van der Waals surface area contributed by atoms with E-state index in [4.69, 9.17) is 10.5 Å². The van der Waals surface area contributed by atoms with Crippen LogP contribution in [0.3, 0.4) is 0 Å². The minimum absolute atomic E-state index is 0.0677. The normalized spacial score (nSPS) is 16.3. The number of nitrogens with one attached hydrogen (secondary N) is 1. The first-order valence-electron chi connectivity index (χ1n) is 5.17. The van der Waals surface area contributed by atoms with Crippen molar-refractivity contribution in [2.45, 2.75) is 0 Å². The number of piperazine rings is 1. The molecule has 0 aromatic heterocycles. The van der Waals surface area contributed by atoms with Gasteiger partial charge in [0.2, 0.25) is 5.91 Å². The van der Waals surface area contributed by atoms with Crippen LogP contribution >= 0.6 is 0 Å². The Hall–Kier alpha value is -1.75. The molecule has 1 aromatic carbocycles. The largest absolute Gasteiger partial charge is 0.495 e. The van der Waals surface area contributed by atoms with Crippen LogP contribution in [0.4, 0.5) is 11.4 Å². The topological polar surface area (TPSA) is 67.6 Å². The Balaban J connectivity index is 2.29. The third-order valence-electron chi connectivity index (χ3n) is 2.62. The molecule has 1 aliphatic heterocycles. The number of carbonyl (C=O) groups is 1. The second kappa shape index (κ2) is 4.40. The third kappa shape index (κ3) is 1.94. The van der Waals surface area contributed by atoms with Gasteiger partial charge in [-0.15, -0.1) is 0 Å². The number of hydrogen-bond donors (Lipinski definition) is 2. The maximum absolute atomic E-state index is 11.7. The SMILES string of the molecule is COc1cc(N2CCNCC2=O)ccc1N. The summed E-state index contributed by atoms with van der Waals surface area (Å²) in [6.45, 7) is 1.86. The van der Waals surface area contributed by atoms with Gasteiger partial charge in [0, 0.05) is 24.8 Å². The summed E-state index contributed by atoms with van der Waals surface area (Å²) in [5.41, 5.74) is 7.13. The monoisotopic (exact) mass is 221 g/mol. The van der Waals surface area contributed by atoms with Gasteiger partial charge in [0.25, 0.3) is 0 Å². The number of amides is 1. The molecule has 1 heterocycles. The fraction of sp³-hybridized carbons (Fsp3) is 0.364. The number of hydrogen-bond acceptors (Lipinski definition) is 4. The first kappa shape index (κ1) is 10.8. The first-order chi connectivity index (χ1) is 7.72. The molecule has 0 bridgehead atoms. The van der Waals surface area contributed by atoms with Crippen molar-refractivity contribution in [3.63, 3.8) is 0 Å². The highest BCUT2D eigenvalue weighted by molar-refractivity contribution is 5.96. The van der Waals surface area contributed by atoms with Gasteiger partial charge < -0.3 is 20.7 Å². The molecular weight excluding hydrogens is 206 g/mol. The van der Waals surface area contributed by atoms with Crippen LogP contribution in [-0.4, -0.2) is 32.7 Å². The summed E-state index contributed by atoms with van der Waals surface area (Å²) in [4.78, 5) is 13.4. The van der Waals surface area contributed by atoms with Gasteiger partial charge in [-0.2, -0.15) is 0 Å². The van der Waals surface area contributed by atoms with Crippen LogP contribution in [0.2, 0.25) is 0 Å². The fourth-order valence-corrected chi connectivity index (χ4v) is 1.75. The highest BCUT2D eigenvalue weighted by Gasteiger charge is 2.19. The number of nitrogen functional groups attached to an aromatic ring is 1. The Labute approximate surface area is 94.2 Å². The van der Waals surface area contributed by atoms with Crippen LogP contribution in [-0.2, 0) is 4.79 Å². The second-order valence-corrected chi connectivity index (χ2v) is 3.65. The predicted molar refractivity (Wildman–Crippen MR) is 62.6 cm³/mol. The number of nitrogens with zero attached hydrogens (tertiary/aromatic N) is 1. The molecule has 0 radical (unpaired) electrons. The van der Waals surface area contributed by atoms with Crippen LogP contribution in [0.15, 0.2) is 18.2 Å². The zero-order valence-corrected chi connectivity index (χ0v) is 9.19. The Morgan fingerprint density at radius 2 is 2.31 bits per heavy atom. The van der Waals surface area contributed by atoms with Crippen molar-refractivity contribution < 1.29 is 9.53 Å². The zero-order chi connectivity index (χ0) is 11.5. The van der Waals surface area contributed by atoms with E-state index in [1.807, 2.05) is 6.07 Å². The molecule has 1 aliphatic rings. The van der Waals surface area contributed by atoms with Crippen molar-refractivity contribution >= 4 is 17.3 Å². The number of anilines is 2. The van der Waals surface area contributed by atoms with Crippen molar-refractivity contribution in [2.75, 3.05) is 37.4 Å². The summed E-state index contributed by atoms with van der Waals surface area (Å²) >= 11 is 0. The van der Waals surface area contributed by atoms with Gasteiger partial charge in [0.05, 0.1) is 19.3 Å². The van der Waals surface area contributed by atoms with Crippen molar-refractivity contribution in [2.24, 2.45) is 0 Å². The van der Waals surface area contributed by atoms with E-state index in [1.165, 1.54) is 0 Å². The lowest BCUT2D eigenvalue weighted by atomic mass is 10.2. The highest BCUT2D eigenvalue weighted by atomic mass is 16.5. The summed E-state index contributed by atoms with van der Waals surface area (Å²) in [5.74, 6) is 0.668. The molecule has 1 saturated heterocycles. The lowest BCUT2D eigenvalue weighted by molar-refractivity contribution is -0.118. The molecule has 86 valence electrons. The van der Waals surface area contributed by atoms with E-state index >= 15 is 0 Å². The summed E-state index contributed by atoms with van der Waals surface area (Å²) < 4.78 is 5.13. The Morgan fingerprint density at radius 3 is 3.00 bits per heavy atom. The van der Waals surface area contributed by atoms with Crippen molar-refractivity contribution in [3.8, 4) is 5.75 Å². The number of ether oxygens (including phenoxy) is 1. The molecule has 2 rings (SSSR count). The van der Waals surface area contributed by atoms with Gasteiger partial charge in [-0.25, -0.2) is 0 Å². The van der Waals surface area contributed by atoms with E-state index in [0.29, 0.717) is 24.5 Å². The molecule has 1 aromatic rings. The summed E-state index contributed by atoms with van der Waals surface area (Å²) in [6, 6.07) is 5.38. The minimum atomic E-state index is 0.0677. The van der Waals surface area contributed by atoms with Gasteiger partial charge in [-0.1, -0.05) is 0 Å². The molecule has 1 amide bonds. The average molecular weight is 221 g/mol. The zero-order valence-electron chi connectivity index (χ0n) is 9.19. The van der Waals surface area contributed by atoms with Crippen molar-refractivity contribution in [1.29, 1.82) is 0 Å². The van der Waals surface area contributed by atoms with Gasteiger partial charge >= 0.3 is 0 Å². The fourth-order valence-electron chi connectivity index (χ4n) is 1.75. The molecule has 0 atom stereocenters. The highest BCUT2D eigenvalue weighted by Crippen LogP contribution is 2.27. The maximum atomic E-state index is 11.7. The van der Waals surface area contributed by atoms with Gasteiger partial charge in [0.1, 0.15) is 5.75 Å². The van der Waals surface area contributed by atoms with E-state index in [9.17, 15) is 4.79 Å². The summed E-state index contributed by atoms with van der Waals surface area (Å²) in [5, 5.41) is 3.03. The van der Waals surface area contributed by atoms with Crippen molar-refractivity contribution in [1.82, 2.24) is 5.32 Å². The number of methoxy groups -OCH3 is 1. The van der Waals surface area contributed by atoms with E-state index in [1.54, 1.807) is 24.1 Å². The van der Waals surface area contributed by atoms with E-state index in [-0.39, 0.29) is 5.91 Å². The average Bonchev–Trinajstić information content (AvgIpc) is 2.31. The minimum Gasteiger partial charge on any atom is -0.495 e. The molecule has 3 N–H and O–H groups in total. The van der Waals surface area contributed by atoms with E-state index in [2.05, 4.69) is 5.32 Å². The Kier molecular flexibility index (Phi) is 2.96. The number of carbonyl (C=O) groups excluding carboxylic acids is 1. The summed E-state index contributed by atoms with van der Waals surface area (Å²) in [7, 11) is 1.56. The smallest absolute Gasteiger partial charge is 0.240 e. The maximum Gasteiger partial charge on any atom is 0.240 e. The number of nitrogens with two attached hydrogens (primary N) is 1. The molecule has 0 unspecified atom stereocenters. The molecule has 0 saturated carbocycles. The van der Waals surface area contributed by atoms with E-state index < -0.39 is 0 Å². The first-order valence-corrected chi connectivity index (χ1v) is 5.17. The quantitative estimate of drug-likeness (QED) is 0.701. The Bertz CT molecular complexity index is 406. The van der Waals surface area contributed by atoms with Gasteiger partial charge in [-0.05, 0) is 12.1 Å². The standard InChI is InChI=1S/C11H15N3O2/c1-16-10-6-8(2-3-9(10)12)14-5-4-13-7-11(14)15/h2-3,6,13H,4-5,7,12H2,1H3. The molecule has 5 heteroatoms. The molecule has 0 aliphatic carbocycles. The molecule has 0 spiro atoms. The molecular formula is C11H15N3O2. The van der Waals surface area contributed by atoms with Crippen LogP contribution in [0.5, 0.6) is 5.75 Å². The second-order valence-electron chi connectivity index (χ2n) is 3.65. The van der Waals surface area contributed by atoms with Crippen LogP contribution in [0.1, 0.15) is 0 Å². The van der Waals surface area contributed by atoms with Gasteiger partial charge in [0.15, 0.2) is 0 Å². The molecule has 5 nitrogen and oxygen atoms in total. The predicted octanol–water partition coefficient (Wildman–Crippen LogP) is 0.214. The third-order valence-corrected chi connectivity index (χ3v) is 2.62. The summed E-state index contributed by atoms with van der Waals surface area (Å²) in [6.07, 6.45) is 0. The lowest BCUT2D eigenvalue weighted by Gasteiger charge is -2.27. The van der Waals surface area contributed by atoms with Crippen molar-refractivity contribution in [3.05, 3.63) is 18.2 Å². The van der Waals surface area contributed by atoms with E-state index in [0.717, 1.165) is 12.2 Å². The van der Waals surface area contributed by atoms with Crippen LogP contribution in [0.25, 0.3) is 0 Å². The van der Waals surface area contributed by atoms with Crippen LogP contribution < -0.4 is 20.7 Å². The molecule has 1 fully saturated rings. The molecule has 16 heavy (non-hydrogen) atoms. The number of rotatable bonds is 2. The lowest BCUT2D eigenvalue weighted by Crippen LogP contribution is -2.48. The number of benzene rings is 1. The van der Waals surface area contributed by atoms with Gasteiger partial charge in [-0.3, -0.25) is 4.79 Å². The Morgan fingerprint density at radius 1 is 1.50 bits per heavy atom.